The first-order chi connectivity index (χ1) is 9.22. The van der Waals surface area contributed by atoms with Crippen LogP contribution in [0, 0.1) is 0 Å². The van der Waals surface area contributed by atoms with Gasteiger partial charge in [0.25, 0.3) is 0 Å². The van der Waals surface area contributed by atoms with Crippen molar-refractivity contribution < 1.29 is 4.74 Å². The minimum atomic E-state index is 0.148. The number of nitrogens with one attached hydrogen (secondary N) is 1. The summed E-state index contributed by atoms with van der Waals surface area (Å²) in [4.78, 5) is 4.12. The smallest absolute Gasteiger partial charge is 0.147 e. The summed E-state index contributed by atoms with van der Waals surface area (Å²) in [7, 11) is 0. The molecular formula is C13H18N4OS. The Morgan fingerprint density at radius 2 is 2.37 bits per heavy atom. The van der Waals surface area contributed by atoms with E-state index in [1.54, 1.807) is 12.4 Å². The molecular weight excluding hydrogens is 260 g/mol. The summed E-state index contributed by atoms with van der Waals surface area (Å²) in [5.74, 6) is 0.532. The lowest BCUT2D eigenvalue weighted by Crippen LogP contribution is -2.19. The summed E-state index contributed by atoms with van der Waals surface area (Å²) in [6.07, 6.45) is 3.68. The zero-order chi connectivity index (χ0) is 13.7. The van der Waals surface area contributed by atoms with Crippen molar-refractivity contribution in [1.82, 2.24) is 9.36 Å². The standard InChI is InChI=1S/C13H18N4OS/c1-3-18-9(2)7-16-13-11(12(14)17-19-13)10-5-4-6-15-8-10/h4-6,8-9,16H,3,7H2,1-2H3,(H2,14,17). The Morgan fingerprint density at radius 3 is 3.05 bits per heavy atom. The first-order valence-electron chi connectivity index (χ1n) is 6.23. The normalized spacial score (nSPS) is 12.3. The molecule has 5 nitrogen and oxygen atoms in total. The molecule has 6 heteroatoms. The van der Waals surface area contributed by atoms with Crippen LogP contribution in [0.4, 0.5) is 10.8 Å². The summed E-state index contributed by atoms with van der Waals surface area (Å²) in [5.41, 5.74) is 7.83. The van der Waals surface area contributed by atoms with Crippen LogP contribution in [0.2, 0.25) is 0 Å². The summed E-state index contributed by atoms with van der Waals surface area (Å²) in [6.45, 7) is 5.46. The number of nitrogens with two attached hydrogens (primary N) is 1. The SMILES string of the molecule is CCOC(C)CNc1snc(N)c1-c1cccnc1. The molecule has 102 valence electrons. The van der Waals surface area contributed by atoms with Crippen molar-refractivity contribution in [2.75, 3.05) is 24.2 Å². The molecule has 19 heavy (non-hydrogen) atoms. The maximum absolute atomic E-state index is 5.94. The maximum Gasteiger partial charge on any atom is 0.147 e. The average Bonchev–Trinajstić information content (AvgIpc) is 2.79. The Labute approximate surface area is 117 Å². The molecule has 0 bridgehead atoms. The number of ether oxygens (including phenoxy) is 1. The maximum atomic E-state index is 5.94. The van der Waals surface area contributed by atoms with E-state index in [1.807, 2.05) is 26.0 Å². The first kappa shape index (κ1) is 13.8. The van der Waals surface area contributed by atoms with Crippen LogP contribution in [0.15, 0.2) is 24.5 Å². The molecule has 2 aromatic rings. The highest BCUT2D eigenvalue weighted by atomic mass is 32.1. The summed E-state index contributed by atoms with van der Waals surface area (Å²) < 4.78 is 9.70. The Hall–Kier alpha value is -1.66. The minimum absolute atomic E-state index is 0.148. The molecule has 2 rings (SSSR count). The van der Waals surface area contributed by atoms with E-state index >= 15 is 0 Å². The Balaban J connectivity index is 2.14. The lowest BCUT2D eigenvalue weighted by molar-refractivity contribution is 0.0856. The number of anilines is 2. The molecule has 0 saturated carbocycles. The number of aromatic nitrogens is 2. The molecule has 0 saturated heterocycles. The second-order valence-corrected chi connectivity index (χ2v) is 4.93. The summed E-state index contributed by atoms with van der Waals surface area (Å²) >= 11 is 1.36. The topological polar surface area (TPSA) is 73.1 Å². The molecule has 0 aliphatic rings. The molecule has 0 aliphatic heterocycles. The van der Waals surface area contributed by atoms with E-state index in [-0.39, 0.29) is 6.10 Å². The van der Waals surface area contributed by atoms with Gasteiger partial charge in [0.15, 0.2) is 0 Å². The molecule has 0 aromatic carbocycles. The molecule has 1 atom stereocenters. The molecule has 3 N–H and O–H groups in total. The molecule has 0 radical (unpaired) electrons. The molecule has 0 aliphatic carbocycles. The van der Waals surface area contributed by atoms with Crippen LogP contribution in [0.3, 0.4) is 0 Å². The van der Waals surface area contributed by atoms with Gasteiger partial charge in [-0.2, -0.15) is 4.37 Å². The molecule has 1 unspecified atom stereocenters. The third kappa shape index (κ3) is 3.42. The predicted molar refractivity (Wildman–Crippen MR) is 79.3 cm³/mol. The Kier molecular flexibility index (Phi) is 4.70. The van der Waals surface area contributed by atoms with Crippen molar-refractivity contribution in [1.29, 1.82) is 0 Å². The minimum Gasteiger partial charge on any atom is -0.382 e. The fourth-order valence-corrected chi connectivity index (χ4v) is 2.54. The molecule has 0 fully saturated rings. The van der Waals surface area contributed by atoms with Gasteiger partial charge in [0, 0.05) is 31.1 Å². The van der Waals surface area contributed by atoms with Gasteiger partial charge in [-0.25, -0.2) is 0 Å². The van der Waals surface area contributed by atoms with Crippen LogP contribution in [0.5, 0.6) is 0 Å². The lowest BCUT2D eigenvalue weighted by atomic mass is 10.1. The monoisotopic (exact) mass is 278 g/mol. The second kappa shape index (κ2) is 6.49. The van der Waals surface area contributed by atoms with E-state index in [9.17, 15) is 0 Å². The number of nitrogen functional groups attached to an aromatic ring is 1. The van der Waals surface area contributed by atoms with Crippen molar-refractivity contribution in [3.63, 3.8) is 0 Å². The molecule has 2 heterocycles. The average molecular weight is 278 g/mol. The third-order valence-corrected chi connectivity index (χ3v) is 3.49. The lowest BCUT2D eigenvalue weighted by Gasteiger charge is -2.13. The predicted octanol–water partition coefficient (Wildman–Crippen LogP) is 2.62. The van der Waals surface area contributed by atoms with Crippen LogP contribution in [0.1, 0.15) is 13.8 Å². The van der Waals surface area contributed by atoms with Gasteiger partial charge in [-0.3, -0.25) is 4.98 Å². The van der Waals surface area contributed by atoms with Crippen LogP contribution in [-0.4, -0.2) is 28.6 Å². The number of rotatable bonds is 6. The van der Waals surface area contributed by atoms with Crippen molar-refractivity contribution in [2.45, 2.75) is 20.0 Å². The van der Waals surface area contributed by atoms with Crippen LogP contribution in [-0.2, 0) is 4.74 Å². The highest BCUT2D eigenvalue weighted by Gasteiger charge is 2.14. The fraction of sp³-hybridized carbons (Fsp3) is 0.385. The van der Waals surface area contributed by atoms with Crippen molar-refractivity contribution in [3.8, 4) is 11.1 Å². The number of nitrogens with zero attached hydrogens (tertiary/aromatic N) is 2. The quantitative estimate of drug-likeness (QED) is 0.849. The Bertz CT molecular complexity index is 515. The van der Waals surface area contributed by atoms with Gasteiger partial charge < -0.3 is 15.8 Å². The van der Waals surface area contributed by atoms with Crippen molar-refractivity contribution >= 4 is 22.4 Å². The van der Waals surface area contributed by atoms with Crippen molar-refractivity contribution in [2.24, 2.45) is 0 Å². The Morgan fingerprint density at radius 1 is 1.53 bits per heavy atom. The summed E-state index contributed by atoms with van der Waals surface area (Å²) in [6, 6.07) is 3.86. The zero-order valence-electron chi connectivity index (χ0n) is 11.1. The second-order valence-electron chi connectivity index (χ2n) is 4.16. The van der Waals surface area contributed by atoms with Gasteiger partial charge in [-0.05, 0) is 31.4 Å². The van der Waals surface area contributed by atoms with Crippen LogP contribution < -0.4 is 11.1 Å². The van der Waals surface area contributed by atoms with Crippen LogP contribution in [0.25, 0.3) is 11.1 Å². The highest BCUT2D eigenvalue weighted by Crippen LogP contribution is 2.36. The highest BCUT2D eigenvalue weighted by molar-refractivity contribution is 7.11. The van der Waals surface area contributed by atoms with Gasteiger partial charge >= 0.3 is 0 Å². The van der Waals surface area contributed by atoms with Crippen molar-refractivity contribution in [3.05, 3.63) is 24.5 Å². The number of pyridine rings is 1. The number of hydrogen-bond acceptors (Lipinski definition) is 6. The van der Waals surface area contributed by atoms with Gasteiger partial charge in [0.1, 0.15) is 10.8 Å². The van der Waals surface area contributed by atoms with E-state index in [0.29, 0.717) is 12.4 Å². The molecule has 0 spiro atoms. The van der Waals surface area contributed by atoms with E-state index in [4.69, 9.17) is 10.5 Å². The molecule has 2 aromatic heterocycles. The van der Waals surface area contributed by atoms with Gasteiger partial charge in [0.05, 0.1) is 11.7 Å². The summed E-state index contributed by atoms with van der Waals surface area (Å²) in [5, 5.41) is 4.30. The van der Waals surface area contributed by atoms with E-state index in [1.165, 1.54) is 11.5 Å². The first-order valence-corrected chi connectivity index (χ1v) is 7.00. The van der Waals surface area contributed by atoms with Crippen LogP contribution >= 0.6 is 11.5 Å². The largest absolute Gasteiger partial charge is 0.382 e. The van der Waals surface area contributed by atoms with Gasteiger partial charge in [0.2, 0.25) is 0 Å². The van der Waals surface area contributed by atoms with E-state index < -0.39 is 0 Å². The fourth-order valence-electron chi connectivity index (χ4n) is 1.79. The van der Waals surface area contributed by atoms with Gasteiger partial charge in [-0.15, -0.1) is 0 Å². The number of hydrogen-bond donors (Lipinski definition) is 2. The van der Waals surface area contributed by atoms with E-state index in [0.717, 1.165) is 22.7 Å². The third-order valence-electron chi connectivity index (χ3n) is 2.67. The molecule has 0 amide bonds. The van der Waals surface area contributed by atoms with Gasteiger partial charge in [-0.1, -0.05) is 6.07 Å². The zero-order valence-corrected chi connectivity index (χ0v) is 11.9. The van der Waals surface area contributed by atoms with E-state index in [2.05, 4.69) is 14.7 Å².